The Hall–Kier alpha value is -1.92. The summed E-state index contributed by atoms with van der Waals surface area (Å²) >= 11 is 0. The molecule has 2 rings (SSSR count). The van der Waals surface area contributed by atoms with Crippen molar-refractivity contribution in [2.45, 2.75) is 65.1 Å². The van der Waals surface area contributed by atoms with Crippen LogP contribution in [0.2, 0.25) is 0 Å². The lowest BCUT2D eigenvalue weighted by molar-refractivity contribution is -0.272. The van der Waals surface area contributed by atoms with Crippen molar-refractivity contribution in [1.29, 1.82) is 0 Å². The van der Waals surface area contributed by atoms with Crippen LogP contribution in [-0.2, 0) is 30.3 Å². The zero-order valence-corrected chi connectivity index (χ0v) is 18.2. The Bertz CT molecular complexity index is 648. The number of esters is 1. The van der Waals surface area contributed by atoms with Crippen molar-refractivity contribution in [2.24, 2.45) is 11.1 Å². The van der Waals surface area contributed by atoms with E-state index >= 15 is 0 Å². The molecule has 0 saturated carbocycles. The number of benzene rings is 1. The van der Waals surface area contributed by atoms with Crippen molar-refractivity contribution < 1.29 is 23.8 Å². The first-order valence-corrected chi connectivity index (χ1v) is 10.6. The number of unbranched alkanes of at least 4 members (excludes halogenated alkanes) is 2. The molecule has 0 aromatic heterocycles. The highest BCUT2D eigenvalue weighted by molar-refractivity contribution is 5.98. The SMILES string of the molecule is CCCCc1ccc(C(C)=NOCCCCC2COC(C)(C(=O)OC)OC2)cc1. The molecule has 1 aromatic carbocycles. The Labute approximate surface area is 174 Å². The third-order valence-corrected chi connectivity index (χ3v) is 5.24. The Kier molecular flexibility index (Phi) is 9.61. The molecule has 0 spiro atoms. The molecule has 162 valence electrons. The molecule has 1 aliphatic heterocycles. The standard InChI is InChI=1S/C23H35NO5/c1-5-6-9-19-11-13-21(14-12-19)18(2)24-29-15-8-7-10-20-16-27-23(3,28-17-20)22(25)26-4/h11-14,20H,5-10,15-17H2,1-4H3. The van der Waals surface area contributed by atoms with Crippen molar-refractivity contribution in [3.8, 4) is 0 Å². The highest BCUT2D eigenvalue weighted by atomic mass is 16.7. The second-order valence-corrected chi connectivity index (χ2v) is 7.73. The Morgan fingerprint density at radius 3 is 2.48 bits per heavy atom. The number of carbonyl (C=O) groups excluding carboxylic acids is 1. The van der Waals surface area contributed by atoms with Gasteiger partial charge in [0, 0.05) is 12.8 Å². The van der Waals surface area contributed by atoms with Gasteiger partial charge in [0.2, 0.25) is 0 Å². The van der Waals surface area contributed by atoms with Crippen LogP contribution < -0.4 is 0 Å². The highest BCUT2D eigenvalue weighted by Gasteiger charge is 2.41. The molecule has 1 saturated heterocycles. The predicted molar refractivity (Wildman–Crippen MR) is 113 cm³/mol. The molecular weight excluding hydrogens is 370 g/mol. The molecule has 0 atom stereocenters. The maximum atomic E-state index is 11.6. The minimum absolute atomic E-state index is 0.282. The molecule has 1 fully saturated rings. The van der Waals surface area contributed by atoms with Gasteiger partial charge in [-0.2, -0.15) is 0 Å². The third kappa shape index (κ3) is 7.44. The summed E-state index contributed by atoms with van der Waals surface area (Å²) in [7, 11) is 1.33. The smallest absolute Gasteiger partial charge is 0.366 e. The van der Waals surface area contributed by atoms with Gasteiger partial charge in [0.15, 0.2) is 0 Å². The van der Waals surface area contributed by atoms with Crippen LogP contribution in [0.25, 0.3) is 0 Å². The topological polar surface area (TPSA) is 66.4 Å². The molecule has 0 amide bonds. The number of carbonyl (C=O) groups is 1. The average Bonchev–Trinajstić information content (AvgIpc) is 2.75. The summed E-state index contributed by atoms with van der Waals surface area (Å²) < 4.78 is 15.8. The number of nitrogens with zero attached hydrogens (tertiary/aromatic N) is 1. The second kappa shape index (κ2) is 11.9. The molecule has 0 unspecified atom stereocenters. The monoisotopic (exact) mass is 405 g/mol. The van der Waals surface area contributed by atoms with Gasteiger partial charge < -0.3 is 19.0 Å². The van der Waals surface area contributed by atoms with Crippen LogP contribution in [0.4, 0.5) is 0 Å². The van der Waals surface area contributed by atoms with Gasteiger partial charge in [0.1, 0.15) is 6.61 Å². The largest absolute Gasteiger partial charge is 0.465 e. The van der Waals surface area contributed by atoms with Gasteiger partial charge in [-0.25, -0.2) is 4.79 Å². The first-order chi connectivity index (χ1) is 14.0. The van der Waals surface area contributed by atoms with E-state index in [1.54, 1.807) is 6.92 Å². The second-order valence-electron chi connectivity index (χ2n) is 7.73. The summed E-state index contributed by atoms with van der Waals surface area (Å²) in [6, 6.07) is 8.56. The van der Waals surface area contributed by atoms with Crippen molar-refractivity contribution in [1.82, 2.24) is 0 Å². The molecule has 29 heavy (non-hydrogen) atoms. The Morgan fingerprint density at radius 1 is 1.17 bits per heavy atom. The molecule has 1 aromatic rings. The van der Waals surface area contributed by atoms with E-state index in [-0.39, 0.29) is 5.92 Å². The maximum absolute atomic E-state index is 11.6. The molecule has 1 heterocycles. The fraction of sp³-hybridized carbons (Fsp3) is 0.652. The summed E-state index contributed by atoms with van der Waals surface area (Å²) in [5, 5.41) is 4.23. The lowest BCUT2D eigenvalue weighted by Crippen LogP contribution is -2.48. The fourth-order valence-electron chi connectivity index (χ4n) is 3.20. The van der Waals surface area contributed by atoms with Crippen LogP contribution in [-0.4, -0.2) is 44.4 Å². The molecule has 0 radical (unpaired) electrons. The number of rotatable bonds is 11. The summed E-state index contributed by atoms with van der Waals surface area (Å²) in [5.41, 5.74) is 3.35. The van der Waals surface area contributed by atoms with Crippen LogP contribution in [0.1, 0.15) is 64.0 Å². The third-order valence-electron chi connectivity index (χ3n) is 5.24. The number of ether oxygens (including phenoxy) is 3. The van der Waals surface area contributed by atoms with E-state index in [4.69, 9.17) is 19.0 Å². The summed E-state index contributed by atoms with van der Waals surface area (Å²) in [6.07, 6.45) is 6.43. The van der Waals surface area contributed by atoms with Crippen molar-refractivity contribution in [3.05, 3.63) is 35.4 Å². The van der Waals surface area contributed by atoms with Gasteiger partial charge in [0.05, 0.1) is 26.0 Å². The molecule has 6 heteroatoms. The van der Waals surface area contributed by atoms with Crippen molar-refractivity contribution in [2.75, 3.05) is 26.9 Å². The lowest BCUT2D eigenvalue weighted by Gasteiger charge is -2.35. The Balaban J connectivity index is 1.61. The van der Waals surface area contributed by atoms with Gasteiger partial charge in [-0.15, -0.1) is 0 Å². The zero-order valence-electron chi connectivity index (χ0n) is 18.2. The summed E-state index contributed by atoms with van der Waals surface area (Å²) in [6.45, 7) is 7.36. The molecule has 6 nitrogen and oxygen atoms in total. The molecule has 0 aliphatic carbocycles. The van der Waals surface area contributed by atoms with E-state index < -0.39 is 11.8 Å². The van der Waals surface area contributed by atoms with Crippen LogP contribution in [0.3, 0.4) is 0 Å². The van der Waals surface area contributed by atoms with Gasteiger partial charge >= 0.3 is 5.97 Å². The maximum Gasteiger partial charge on any atom is 0.366 e. The number of methoxy groups -OCH3 is 1. The number of hydrogen-bond acceptors (Lipinski definition) is 6. The van der Waals surface area contributed by atoms with Crippen LogP contribution in [0.15, 0.2) is 29.4 Å². The van der Waals surface area contributed by atoms with E-state index in [1.165, 1.54) is 25.5 Å². The van der Waals surface area contributed by atoms with E-state index in [9.17, 15) is 4.79 Å². The van der Waals surface area contributed by atoms with Gasteiger partial charge in [-0.05, 0) is 50.2 Å². The van der Waals surface area contributed by atoms with E-state index in [2.05, 4.69) is 36.3 Å². The fourth-order valence-corrected chi connectivity index (χ4v) is 3.20. The van der Waals surface area contributed by atoms with Gasteiger partial charge in [-0.3, -0.25) is 0 Å². The van der Waals surface area contributed by atoms with Gasteiger partial charge in [0.25, 0.3) is 5.79 Å². The van der Waals surface area contributed by atoms with Crippen LogP contribution in [0, 0.1) is 5.92 Å². The van der Waals surface area contributed by atoms with Crippen molar-refractivity contribution >= 4 is 11.7 Å². The van der Waals surface area contributed by atoms with Crippen LogP contribution >= 0.6 is 0 Å². The number of aryl methyl sites for hydroxylation is 1. The minimum atomic E-state index is -1.27. The molecule has 0 N–H and O–H groups in total. The minimum Gasteiger partial charge on any atom is -0.465 e. The first-order valence-electron chi connectivity index (χ1n) is 10.6. The first kappa shape index (κ1) is 23.4. The summed E-state index contributed by atoms with van der Waals surface area (Å²) in [4.78, 5) is 17.1. The van der Waals surface area contributed by atoms with Gasteiger partial charge in [-0.1, -0.05) is 42.8 Å². The molecule has 1 aliphatic rings. The number of hydrogen-bond donors (Lipinski definition) is 0. The van der Waals surface area contributed by atoms with E-state index in [0.717, 1.165) is 37.0 Å². The molecule has 0 bridgehead atoms. The molecular formula is C23H35NO5. The summed E-state index contributed by atoms with van der Waals surface area (Å²) in [5.74, 6) is -1.48. The normalized spacial score (nSPS) is 22.3. The average molecular weight is 406 g/mol. The zero-order chi connectivity index (χ0) is 21.1. The van der Waals surface area contributed by atoms with E-state index in [0.29, 0.717) is 19.8 Å². The van der Waals surface area contributed by atoms with Crippen molar-refractivity contribution in [3.63, 3.8) is 0 Å². The van der Waals surface area contributed by atoms with E-state index in [1.807, 2.05) is 6.92 Å². The quantitative estimate of drug-likeness (QED) is 0.235. The predicted octanol–water partition coefficient (Wildman–Crippen LogP) is 4.49. The Morgan fingerprint density at radius 2 is 1.86 bits per heavy atom. The highest BCUT2D eigenvalue weighted by Crippen LogP contribution is 2.25. The van der Waals surface area contributed by atoms with Crippen LogP contribution in [0.5, 0.6) is 0 Å². The lowest BCUT2D eigenvalue weighted by atomic mass is 10.0. The number of oxime groups is 1.